The van der Waals surface area contributed by atoms with Crippen molar-refractivity contribution in [2.75, 3.05) is 6.54 Å². The fourth-order valence-electron chi connectivity index (χ4n) is 1.21. The molecule has 0 spiro atoms. The molecule has 2 heterocycles. The van der Waals surface area contributed by atoms with E-state index in [0.29, 0.717) is 0 Å². The van der Waals surface area contributed by atoms with Crippen LogP contribution in [0.3, 0.4) is 0 Å². The number of hydrogen-bond acceptors (Lipinski definition) is 4. The lowest BCUT2D eigenvalue weighted by Gasteiger charge is -1.93. The molecule has 0 saturated carbocycles. The van der Waals surface area contributed by atoms with Gasteiger partial charge in [0.15, 0.2) is 5.76 Å². The minimum atomic E-state index is 0.756. The molecule has 0 atom stereocenters. The topological polar surface area (TPSA) is 38.1 Å². The van der Waals surface area contributed by atoms with Crippen LogP contribution in [0.2, 0.25) is 0 Å². The third kappa shape index (κ3) is 2.68. The molecule has 2 aromatic rings. The molecule has 0 fully saturated rings. The largest absolute Gasteiger partial charge is 0.355 e. The number of nitrogens with one attached hydrogen (secondary N) is 1. The van der Waals surface area contributed by atoms with Gasteiger partial charge < -0.3 is 9.84 Å². The Morgan fingerprint density at radius 1 is 1.53 bits per heavy atom. The van der Waals surface area contributed by atoms with Crippen LogP contribution in [0.4, 0.5) is 0 Å². The van der Waals surface area contributed by atoms with Crippen LogP contribution >= 0.6 is 27.3 Å². The number of thiophene rings is 1. The average molecular weight is 287 g/mol. The van der Waals surface area contributed by atoms with Gasteiger partial charge in [0.2, 0.25) is 0 Å². The van der Waals surface area contributed by atoms with Gasteiger partial charge in [0.1, 0.15) is 0 Å². The van der Waals surface area contributed by atoms with Gasteiger partial charge in [0.05, 0.1) is 10.6 Å². The average Bonchev–Trinajstić information content (AvgIpc) is 2.83. The van der Waals surface area contributed by atoms with E-state index in [0.717, 1.165) is 33.9 Å². The predicted octanol–water partition coefficient (Wildman–Crippen LogP) is 3.28. The van der Waals surface area contributed by atoms with Crippen LogP contribution in [0.25, 0.3) is 10.6 Å². The number of rotatable bonds is 4. The van der Waals surface area contributed by atoms with E-state index in [9.17, 15) is 0 Å². The van der Waals surface area contributed by atoms with Gasteiger partial charge in [-0.1, -0.05) is 12.1 Å². The Labute approximate surface area is 101 Å². The molecule has 0 amide bonds. The van der Waals surface area contributed by atoms with Gasteiger partial charge in [-0.2, -0.15) is 0 Å². The summed E-state index contributed by atoms with van der Waals surface area (Å²) < 4.78 is 6.34. The summed E-state index contributed by atoms with van der Waals surface area (Å²) in [7, 11) is 0. The number of nitrogens with zero attached hydrogens (tertiary/aromatic N) is 1. The summed E-state index contributed by atoms with van der Waals surface area (Å²) in [6.45, 7) is 3.76. The number of aromatic nitrogens is 1. The second-order valence-corrected chi connectivity index (χ2v) is 4.92. The maximum atomic E-state index is 5.26. The van der Waals surface area contributed by atoms with E-state index in [-0.39, 0.29) is 0 Å². The molecule has 2 rings (SSSR count). The van der Waals surface area contributed by atoms with Gasteiger partial charge in [0, 0.05) is 22.5 Å². The van der Waals surface area contributed by atoms with Gasteiger partial charge in [-0.25, -0.2) is 0 Å². The lowest BCUT2D eigenvalue weighted by atomic mass is 10.3. The van der Waals surface area contributed by atoms with Crippen LogP contribution in [0.15, 0.2) is 26.5 Å². The van der Waals surface area contributed by atoms with Crippen molar-refractivity contribution in [2.24, 2.45) is 0 Å². The molecule has 0 aliphatic carbocycles. The van der Waals surface area contributed by atoms with Crippen LogP contribution in [0.5, 0.6) is 0 Å². The van der Waals surface area contributed by atoms with E-state index in [2.05, 4.69) is 33.3 Å². The Balaban J connectivity index is 2.13. The fraction of sp³-hybridized carbons (Fsp3) is 0.300. The van der Waals surface area contributed by atoms with E-state index in [4.69, 9.17) is 4.52 Å². The molecule has 0 aromatic carbocycles. The van der Waals surface area contributed by atoms with Crippen molar-refractivity contribution < 1.29 is 4.52 Å². The van der Waals surface area contributed by atoms with Crippen molar-refractivity contribution in [3.8, 4) is 10.6 Å². The van der Waals surface area contributed by atoms with Crippen LogP contribution < -0.4 is 5.32 Å². The monoisotopic (exact) mass is 286 g/mol. The maximum Gasteiger partial charge on any atom is 0.177 e. The molecule has 0 saturated heterocycles. The molecule has 0 aliphatic rings. The summed E-state index contributed by atoms with van der Waals surface area (Å²) in [5, 5.41) is 9.23. The first-order chi connectivity index (χ1) is 7.29. The first kappa shape index (κ1) is 10.9. The standard InChI is InChI=1S/C10H11BrN2OS/c1-2-12-5-8-4-9(14-13-8)10-3-7(11)6-15-10/h3-4,6,12H,2,5H2,1H3. The molecular weight excluding hydrogens is 276 g/mol. The molecule has 0 unspecified atom stereocenters. The van der Waals surface area contributed by atoms with Crippen LogP contribution in [0, 0.1) is 0 Å². The third-order valence-corrected chi connectivity index (χ3v) is 3.63. The summed E-state index contributed by atoms with van der Waals surface area (Å²) >= 11 is 5.05. The smallest absolute Gasteiger partial charge is 0.177 e. The lowest BCUT2D eigenvalue weighted by Crippen LogP contribution is -2.11. The van der Waals surface area contributed by atoms with E-state index in [1.54, 1.807) is 11.3 Å². The van der Waals surface area contributed by atoms with E-state index in [1.165, 1.54) is 0 Å². The minimum absolute atomic E-state index is 0.756. The van der Waals surface area contributed by atoms with Crippen LogP contribution in [0.1, 0.15) is 12.6 Å². The van der Waals surface area contributed by atoms with Gasteiger partial charge in [-0.05, 0) is 28.5 Å². The van der Waals surface area contributed by atoms with Crippen molar-refractivity contribution in [3.63, 3.8) is 0 Å². The van der Waals surface area contributed by atoms with E-state index >= 15 is 0 Å². The van der Waals surface area contributed by atoms with Gasteiger partial charge in [-0.15, -0.1) is 11.3 Å². The van der Waals surface area contributed by atoms with Crippen molar-refractivity contribution in [1.29, 1.82) is 0 Å². The number of hydrogen-bond donors (Lipinski definition) is 1. The molecule has 5 heteroatoms. The highest BCUT2D eigenvalue weighted by atomic mass is 79.9. The molecule has 80 valence electrons. The zero-order valence-corrected chi connectivity index (χ0v) is 10.7. The predicted molar refractivity (Wildman–Crippen MR) is 64.9 cm³/mol. The van der Waals surface area contributed by atoms with Crippen molar-refractivity contribution in [3.05, 3.63) is 27.7 Å². The summed E-state index contributed by atoms with van der Waals surface area (Å²) in [6, 6.07) is 4.00. The highest BCUT2D eigenvalue weighted by Crippen LogP contribution is 2.30. The lowest BCUT2D eigenvalue weighted by molar-refractivity contribution is 0.421. The van der Waals surface area contributed by atoms with Crippen molar-refractivity contribution >= 4 is 27.3 Å². The van der Waals surface area contributed by atoms with Gasteiger partial charge in [-0.3, -0.25) is 0 Å². The molecular formula is C10H11BrN2OS. The second-order valence-electron chi connectivity index (χ2n) is 3.09. The minimum Gasteiger partial charge on any atom is -0.355 e. The normalized spacial score (nSPS) is 10.8. The van der Waals surface area contributed by atoms with E-state index < -0.39 is 0 Å². The first-order valence-corrected chi connectivity index (χ1v) is 6.37. The molecule has 3 nitrogen and oxygen atoms in total. The summed E-state index contributed by atoms with van der Waals surface area (Å²) in [5.74, 6) is 0.832. The summed E-state index contributed by atoms with van der Waals surface area (Å²) in [4.78, 5) is 1.09. The van der Waals surface area contributed by atoms with Crippen LogP contribution in [-0.4, -0.2) is 11.7 Å². The molecule has 0 radical (unpaired) electrons. The third-order valence-electron chi connectivity index (χ3n) is 1.93. The quantitative estimate of drug-likeness (QED) is 0.937. The molecule has 1 N–H and O–H groups in total. The zero-order valence-electron chi connectivity index (χ0n) is 8.29. The Kier molecular flexibility index (Phi) is 3.56. The maximum absolute atomic E-state index is 5.26. The van der Waals surface area contributed by atoms with E-state index in [1.807, 2.05) is 17.5 Å². The Morgan fingerprint density at radius 2 is 2.40 bits per heavy atom. The first-order valence-electron chi connectivity index (χ1n) is 4.70. The zero-order chi connectivity index (χ0) is 10.7. The highest BCUT2D eigenvalue weighted by molar-refractivity contribution is 9.10. The summed E-state index contributed by atoms with van der Waals surface area (Å²) in [5.41, 5.74) is 0.941. The number of halogens is 1. The van der Waals surface area contributed by atoms with Gasteiger partial charge in [0.25, 0.3) is 0 Å². The van der Waals surface area contributed by atoms with Gasteiger partial charge >= 0.3 is 0 Å². The highest BCUT2D eigenvalue weighted by Gasteiger charge is 2.08. The van der Waals surface area contributed by atoms with Crippen molar-refractivity contribution in [1.82, 2.24) is 10.5 Å². The molecule has 15 heavy (non-hydrogen) atoms. The SMILES string of the molecule is CCNCc1cc(-c2cc(Br)cs2)on1. The van der Waals surface area contributed by atoms with Crippen LogP contribution in [-0.2, 0) is 6.54 Å². The van der Waals surface area contributed by atoms with Crippen molar-refractivity contribution in [2.45, 2.75) is 13.5 Å². The summed E-state index contributed by atoms with van der Waals surface area (Å²) in [6.07, 6.45) is 0. The molecule has 2 aromatic heterocycles. The Morgan fingerprint density at radius 3 is 3.07 bits per heavy atom. The Bertz CT molecular complexity index is 438. The molecule has 0 bridgehead atoms. The second kappa shape index (κ2) is 4.92. The fourth-order valence-corrected chi connectivity index (χ4v) is 2.58. The Hall–Kier alpha value is -0.650. The molecule has 0 aliphatic heterocycles.